The number of ketones is 1. The van der Waals surface area contributed by atoms with Gasteiger partial charge in [-0.05, 0) is 32.1 Å². The number of Topliss-reactive ketones (excluding diaryl/α,β-unsaturated/α-hetero) is 1. The Bertz CT molecular complexity index is 168. The zero-order valence-electron chi connectivity index (χ0n) is 6.77. The molecule has 1 saturated carbocycles. The highest BCUT2D eigenvalue weighted by Gasteiger charge is 2.43. The lowest BCUT2D eigenvalue weighted by atomic mass is 9.91. The van der Waals surface area contributed by atoms with Crippen LogP contribution in [0.5, 0.6) is 0 Å². The Morgan fingerprint density at radius 1 is 1.18 bits per heavy atom. The highest BCUT2D eigenvalue weighted by atomic mass is 16.5. The minimum absolute atomic E-state index is 0.307. The molecule has 11 heavy (non-hydrogen) atoms. The first kappa shape index (κ1) is 7.29. The van der Waals surface area contributed by atoms with Gasteiger partial charge >= 0.3 is 0 Å². The maximum atomic E-state index is 11.5. The van der Waals surface area contributed by atoms with Crippen molar-refractivity contribution in [2.45, 2.75) is 44.1 Å². The highest BCUT2D eigenvalue weighted by Crippen LogP contribution is 2.37. The predicted molar refractivity (Wildman–Crippen MR) is 41.4 cm³/mol. The molecule has 0 N–H and O–H groups in total. The van der Waals surface area contributed by atoms with Crippen molar-refractivity contribution in [3.05, 3.63) is 0 Å². The van der Waals surface area contributed by atoms with Crippen LogP contribution in [0.4, 0.5) is 0 Å². The molecule has 0 unspecified atom stereocenters. The van der Waals surface area contributed by atoms with Crippen molar-refractivity contribution in [1.29, 1.82) is 0 Å². The fraction of sp³-hybridized carbons (Fsp3) is 0.889. The van der Waals surface area contributed by atoms with E-state index in [0.29, 0.717) is 5.78 Å². The summed E-state index contributed by atoms with van der Waals surface area (Å²) in [6.45, 7) is 0.797. The van der Waals surface area contributed by atoms with Gasteiger partial charge in [-0.1, -0.05) is 0 Å². The monoisotopic (exact) mass is 154 g/mol. The fourth-order valence-corrected chi connectivity index (χ4v) is 2.18. The van der Waals surface area contributed by atoms with Crippen molar-refractivity contribution in [2.75, 3.05) is 6.61 Å². The van der Waals surface area contributed by atoms with Crippen LogP contribution in [0.1, 0.15) is 38.5 Å². The molecule has 1 saturated heterocycles. The fourth-order valence-electron chi connectivity index (χ4n) is 2.18. The molecule has 2 nitrogen and oxygen atoms in total. The Hall–Kier alpha value is -0.370. The Morgan fingerprint density at radius 2 is 1.91 bits per heavy atom. The van der Waals surface area contributed by atoms with Gasteiger partial charge in [0.15, 0.2) is 5.78 Å². The molecule has 1 heterocycles. The third kappa shape index (κ3) is 1.09. The molecule has 1 aliphatic carbocycles. The second kappa shape index (κ2) is 2.59. The summed E-state index contributed by atoms with van der Waals surface area (Å²) in [6, 6.07) is 0. The summed E-state index contributed by atoms with van der Waals surface area (Å²) < 4.78 is 5.59. The molecular formula is C9H14O2. The maximum absolute atomic E-state index is 11.5. The molecule has 2 rings (SSSR count). The molecule has 2 fully saturated rings. The number of carbonyl (C=O) groups excluding carboxylic acids is 1. The van der Waals surface area contributed by atoms with Crippen LogP contribution in [-0.4, -0.2) is 18.0 Å². The van der Waals surface area contributed by atoms with Crippen LogP contribution in [0, 0.1) is 0 Å². The van der Waals surface area contributed by atoms with Gasteiger partial charge in [-0.3, -0.25) is 4.79 Å². The average molecular weight is 154 g/mol. The third-order valence-electron chi connectivity index (χ3n) is 2.85. The standard InChI is InChI=1S/C9H14O2/c10-8-4-3-7-11-9(8)5-1-2-6-9/h1-7H2. The summed E-state index contributed by atoms with van der Waals surface area (Å²) in [7, 11) is 0. The number of carbonyl (C=O) groups is 1. The normalized spacial score (nSPS) is 29.6. The Morgan fingerprint density at radius 3 is 2.55 bits per heavy atom. The first-order valence-corrected chi connectivity index (χ1v) is 4.51. The first-order valence-electron chi connectivity index (χ1n) is 4.51. The highest BCUT2D eigenvalue weighted by molar-refractivity contribution is 5.88. The molecule has 0 atom stereocenters. The van der Waals surface area contributed by atoms with E-state index in [1.807, 2.05) is 0 Å². The topological polar surface area (TPSA) is 26.3 Å². The average Bonchev–Trinajstić information content (AvgIpc) is 2.46. The van der Waals surface area contributed by atoms with Crippen LogP contribution in [0.2, 0.25) is 0 Å². The summed E-state index contributed by atoms with van der Waals surface area (Å²) in [5.74, 6) is 0.362. The lowest BCUT2D eigenvalue weighted by Gasteiger charge is -2.31. The van der Waals surface area contributed by atoms with Crippen LogP contribution < -0.4 is 0 Å². The maximum Gasteiger partial charge on any atom is 0.164 e. The largest absolute Gasteiger partial charge is 0.367 e. The van der Waals surface area contributed by atoms with Gasteiger partial charge in [0.05, 0.1) is 0 Å². The van der Waals surface area contributed by atoms with Crippen LogP contribution in [-0.2, 0) is 9.53 Å². The second-order valence-corrected chi connectivity index (χ2v) is 3.58. The molecular weight excluding hydrogens is 140 g/mol. The first-order chi connectivity index (χ1) is 5.33. The third-order valence-corrected chi connectivity index (χ3v) is 2.85. The van der Waals surface area contributed by atoms with E-state index in [9.17, 15) is 4.79 Å². The van der Waals surface area contributed by atoms with E-state index < -0.39 is 0 Å². The van der Waals surface area contributed by atoms with E-state index in [0.717, 1.165) is 32.3 Å². The van der Waals surface area contributed by atoms with Crippen molar-refractivity contribution in [1.82, 2.24) is 0 Å². The minimum atomic E-state index is -0.307. The van der Waals surface area contributed by atoms with Crippen molar-refractivity contribution >= 4 is 5.78 Å². The summed E-state index contributed by atoms with van der Waals surface area (Å²) in [4.78, 5) is 11.5. The van der Waals surface area contributed by atoms with Crippen molar-refractivity contribution in [2.24, 2.45) is 0 Å². The predicted octanol–water partition coefficient (Wildman–Crippen LogP) is 1.68. The molecule has 62 valence electrons. The molecule has 2 heteroatoms. The molecule has 0 aromatic rings. The quantitative estimate of drug-likeness (QED) is 0.530. The molecule has 0 amide bonds. The summed E-state index contributed by atoms with van der Waals surface area (Å²) in [5.41, 5.74) is -0.307. The molecule has 1 aliphatic heterocycles. The van der Waals surface area contributed by atoms with Gasteiger partial charge in [-0.15, -0.1) is 0 Å². The van der Waals surface area contributed by atoms with Crippen molar-refractivity contribution in [3.63, 3.8) is 0 Å². The van der Waals surface area contributed by atoms with E-state index in [4.69, 9.17) is 4.74 Å². The van der Waals surface area contributed by atoms with E-state index in [1.54, 1.807) is 0 Å². The zero-order valence-corrected chi connectivity index (χ0v) is 6.77. The molecule has 0 bridgehead atoms. The number of rotatable bonds is 0. The summed E-state index contributed by atoms with van der Waals surface area (Å²) in [6.07, 6.45) is 5.98. The van der Waals surface area contributed by atoms with E-state index in [2.05, 4.69) is 0 Å². The van der Waals surface area contributed by atoms with Crippen molar-refractivity contribution < 1.29 is 9.53 Å². The van der Waals surface area contributed by atoms with Crippen LogP contribution in [0.15, 0.2) is 0 Å². The van der Waals surface area contributed by atoms with Gasteiger partial charge in [-0.25, -0.2) is 0 Å². The summed E-state index contributed by atoms with van der Waals surface area (Å²) >= 11 is 0. The molecule has 0 aromatic heterocycles. The molecule has 0 aromatic carbocycles. The zero-order chi connectivity index (χ0) is 7.73. The molecule has 1 spiro atoms. The molecule has 0 radical (unpaired) electrons. The van der Waals surface area contributed by atoms with Crippen LogP contribution in [0.3, 0.4) is 0 Å². The smallest absolute Gasteiger partial charge is 0.164 e. The summed E-state index contributed by atoms with van der Waals surface area (Å²) in [5, 5.41) is 0. The van der Waals surface area contributed by atoms with Gasteiger partial charge in [-0.2, -0.15) is 0 Å². The Labute approximate surface area is 66.9 Å². The van der Waals surface area contributed by atoms with Crippen LogP contribution >= 0.6 is 0 Å². The van der Waals surface area contributed by atoms with E-state index >= 15 is 0 Å². The van der Waals surface area contributed by atoms with Gasteiger partial charge in [0.2, 0.25) is 0 Å². The lowest BCUT2D eigenvalue weighted by Crippen LogP contribution is -2.42. The SMILES string of the molecule is O=C1CCCOC12CCCC2. The number of ether oxygens (including phenoxy) is 1. The van der Waals surface area contributed by atoms with Gasteiger partial charge < -0.3 is 4.74 Å². The number of hydrogen-bond donors (Lipinski definition) is 0. The minimum Gasteiger partial charge on any atom is -0.367 e. The molecule has 2 aliphatic rings. The van der Waals surface area contributed by atoms with Crippen LogP contribution in [0.25, 0.3) is 0 Å². The number of hydrogen-bond acceptors (Lipinski definition) is 2. The van der Waals surface area contributed by atoms with Gasteiger partial charge in [0.1, 0.15) is 5.60 Å². The Kier molecular flexibility index (Phi) is 1.72. The van der Waals surface area contributed by atoms with Crippen molar-refractivity contribution in [3.8, 4) is 0 Å². The Balaban J connectivity index is 2.13. The van der Waals surface area contributed by atoms with Gasteiger partial charge in [0, 0.05) is 13.0 Å². The second-order valence-electron chi connectivity index (χ2n) is 3.58. The van der Waals surface area contributed by atoms with E-state index in [-0.39, 0.29) is 5.60 Å². The van der Waals surface area contributed by atoms with E-state index in [1.165, 1.54) is 12.8 Å². The van der Waals surface area contributed by atoms with Gasteiger partial charge in [0.25, 0.3) is 0 Å². The lowest BCUT2D eigenvalue weighted by molar-refractivity contribution is -0.151.